The largest absolute Gasteiger partial charge is 0.467 e. The Morgan fingerprint density at radius 2 is 1.90 bits per heavy atom. The first-order valence-electron chi connectivity index (χ1n) is 8.93. The second kappa shape index (κ2) is 8.14. The zero-order valence-corrected chi connectivity index (χ0v) is 16.3. The number of esters is 1. The van der Waals surface area contributed by atoms with Gasteiger partial charge in [0.2, 0.25) is 5.78 Å². The van der Waals surface area contributed by atoms with E-state index in [1.165, 1.54) is 25.1 Å². The highest BCUT2D eigenvalue weighted by molar-refractivity contribution is 6.01. The van der Waals surface area contributed by atoms with Crippen LogP contribution in [0.4, 0.5) is 5.69 Å². The van der Waals surface area contributed by atoms with Crippen molar-refractivity contribution >= 4 is 17.4 Å². The highest BCUT2D eigenvalue weighted by Crippen LogP contribution is 2.24. The Labute approximate surface area is 166 Å². The lowest BCUT2D eigenvalue weighted by Crippen LogP contribution is -2.16. The molecule has 0 aliphatic rings. The first-order chi connectivity index (χ1) is 13.8. The van der Waals surface area contributed by atoms with Gasteiger partial charge in [-0.2, -0.15) is 0 Å². The number of rotatable bonds is 7. The Bertz CT molecular complexity index is 1080. The van der Waals surface area contributed by atoms with Crippen molar-refractivity contribution < 1.29 is 23.7 Å². The van der Waals surface area contributed by atoms with Gasteiger partial charge >= 0.3 is 5.97 Å². The smallest absolute Gasteiger partial charge is 0.345 e. The molecule has 8 heteroatoms. The first kappa shape index (κ1) is 20.1. The van der Waals surface area contributed by atoms with Crippen LogP contribution >= 0.6 is 0 Å². The van der Waals surface area contributed by atoms with Gasteiger partial charge in [-0.15, -0.1) is 0 Å². The van der Waals surface area contributed by atoms with E-state index in [1.807, 2.05) is 17.6 Å². The van der Waals surface area contributed by atoms with Crippen LogP contribution in [-0.2, 0) is 11.3 Å². The van der Waals surface area contributed by atoms with Crippen molar-refractivity contribution in [3.63, 3.8) is 0 Å². The molecular weight excluding hydrogens is 376 g/mol. The van der Waals surface area contributed by atoms with Gasteiger partial charge in [-0.05, 0) is 45.0 Å². The average Bonchev–Trinajstić information content (AvgIpc) is 3.29. The second-order valence-electron chi connectivity index (χ2n) is 6.68. The third-order valence-corrected chi connectivity index (χ3v) is 4.74. The normalized spacial score (nSPS) is 10.7. The minimum absolute atomic E-state index is 0.175. The monoisotopic (exact) mass is 396 g/mol. The summed E-state index contributed by atoms with van der Waals surface area (Å²) >= 11 is 0. The number of para-hydroxylation sites is 1. The van der Waals surface area contributed by atoms with E-state index in [1.54, 1.807) is 25.3 Å². The lowest BCUT2D eigenvalue weighted by molar-refractivity contribution is -0.385. The number of carbonyl (C=O) groups excluding carboxylic acids is 2. The third-order valence-electron chi connectivity index (χ3n) is 4.74. The molecule has 1 aromatic carbocycles. The van der Waals surface area contributed by atoms with Gasteiger partial charge in [0.15, 0.2) is 6.61 Å². The number of furan rings is 1. The Balaban J connectivity index is 1.74. The average molecular weight is 396 g/mol. The number of nitrogens with zero attached hydrogens (tertiary/aromatic N) is 2. The SMILES string of the molecule is Cc1cccc(C(=O)OCC(=O)c2cc(C)n(Cc3ccco3)c2C)c1[N+](=O)[O-]. The maximum Gasteiger partial charge on any atom is 0.345 e. The number of nitro benzene ring substituents is 1. The van der Waals surface area contributed by atoms with Gasteiger partial charge in [-0.25, -0.2) is 4.79 Å². The summed E-state index contributed by atoms with van der Waals surface area (Å²) in [7, 11) is 0. The van der Waals surface area contributed by atoms with Crippen molar-refractivity contribution in [2.45, 2.75) is 27.3 Å². The number of benzene rings is 1. The van der Waals surface area contributed by atoms with Crippen molar-refractivity contribution in [2.75, 3.05) is 6.61 Å². The van der Waals surface area contributed by atoms with Crippen molar-refractivity contribution in [3.8, 4) is 0 Å². The molecule has 0 aliphatic carbocycles. The van der Waals surface area contributed by atoms with Crippen molar-refractivity contribution in [2.24, 2.45) is 0 Å². The zero-order chi connectivity index (χ0) is 21.1. The van der Waals surface area contributed by atoms with Crippen LogP contribution in [0.15, 0.2) is 47.1 Å². The summed E-state index contributed by atoms with van der Waals surface area (Å²) in [5, 5.41) is 11.2. The van der Waals surface area contributed by atoms with Gasteiger partial charge in [0, 0.05) is 22.5 Å². The molecule has 8 nitrogen and oxygen atoms in total. The molecule has 0 saturated carbocycles. The lowest BCUT2D eigenvalue weighted by Gasteiger charge is -2.08. The molecule has 0 bridgehead atoms. The van der Waals surface area contributed by atoms with E-state index < -0.39 is 17.5 Å². The lowest BCUT2D eigenvalue weighted by atomic mass is 10.1. The number of hydrogen-bond donors (Lipinski definition) is 0. The predicted octanol–water partition coefficient (Wildman–Crippen LogP) is 4.00. The fourth-order valence-electron chi connectivity index (χ4n) is 3.24. The van der Waals surface area contributed by atoms with Crippen molar-refractivity contribution in [1.82, 2.24) is 4.57 Å². The Morgan fingerprint density at radius 3 is 2.55 bits per heavy atom. The molecule has 0 aliphatic heterocycles. The molecule has 0 N–H and O–H groups in total. The molecule has 0 amide bonds. The fraction of sp³-hybridized carbons (Fsp3) is 0.238. The number of ether oxygens (including phenoxy) is 1. The number of ketones is 1. The molecule has 3 rings (SSSR count). The minimum atomic E-state index is -0.904. The van der Waals surface area contributed by atoms with Gasteiger partial charge < -0.3 is 13.7 Å². The number of aromatic nitrogens is 1. The molecule has 0 fully saturated rings. The maximum atomic E-state index is 12.6. The second-order valence-corrected chi connectivity index (χ2v) is 6.68. The van der Waals surface area contributed by atoms with E-state index in [0.29, 0.717) is 17.7 Å². The molecule has 29 heavy (non-hydrogen) atoms. The van der Waals surface area contributed by atoms with E-state index in [4.69, 9.17) is 9.15 Å². The van der Waals surface area contributed by atoms with Crippen LogP contribution in [0.2, 0.25) is 0 Å². The maximum absolute atomic E-state index is 12.6. The summed E-state index contributed by atoms with van der Waals surface area (Å²) in [5.41, 5.74) is 1.87. The molecule has 0 spiro atoms. The Morgan fingerprint density at radius 1 is 1.14 bits per heavy atom. The van der Waals surface area contributed by atoms with Crippen LogP contribution in [0.5, 0.6) is 0 Å². The van der Waals surface area contributed by atoms with E-state index in [-0.39, 0.29) is 17.0 Å². The minimum Gasteiger partial charge on any atom is -0.467 e. The quantitative estimate of drug-likeness (QED) is 0.259. The fourth-order valence-corrected chi connectivity index (χ4v) is 3.24. The Kier molecular flexibility index (Phi) is 5.63. The van der Waals surface area contributed by atoms with Crippen LogP contribution in [0.1, 0.15) is 43.4 Å². The molecule has 3 aromatic rings. The van der Waals surface area contributed by atoms with E-state index in [9.17, 15) is 19.7 Å². The highest BCUT2D eigenvalue weighted by atomic mass is 16.6. The van der Waals surface area contributed by atoms with Gasteiger partial charge in [0.1, 0.15) is 11.3 Å². The summed E-state index contributed by atoms with van der Waals surface area (Å²) < 4.78 is 12.4. The van der Waals surface area contributed by atoms with Gasteiger partial charge in [-0.3, -0.25) is 14.9 Å². The van der Waals surface area contributed by atoms with Crippen LogP contribution in [-0.4, -0.2) is 27.8 Å². The van der Waals surface area contributed by atoms with E-state index in [0.717, 1.165) is 17.1 Å². The molecule has 2 aromatic heterocycles. The first-order valence-corrected chi connectivity index (χ1v) is 8.93. The van der Waals surface area contributed by atoms with Gasteiger partial charge in [0.25, 0.3) is 5.69 Å². The summed E-state index contributed by atoms with van der Waals surface area (Å²) in [6.07, 6.45) is 1.58. The number of nitro groups is 1. The molecule has 0 atom stereocenters. The molecule has 2 heterocycles. The van der Waals surface area contributed by atoms with Crippen molar-refractivity contribution in [1.29, 1.82) is 0 Å². The molecule has 0 unspecified atom stereocenters. The van der Waals surface area contributed by atoms with Crippen LogP contribution < -0.4 is 0 Å². The van der Waals surface area contributed by atoms with Crippen molar-refractivity contribution in [3.05, 3.63) is 86.6 Å². The van der Waals surface area contributed by atoms with Gasteiger partial charge in [0.05, 0.1) is 17.7 Å². The summed E-state index contributed by atoms with van der Waals surface area (Å²) in [6, 6.07) is 9.74. The number of hydrogen-bond acceptors (Lipinski definition) is 6. The molecule has 0 radical (unpaired) electrons. The predicted molar refractivity (Wildman–Crippen MR) is 104 cm³/mol. The molecule has 0 saturated heterocycles. The number of carbonyl (C=O) groups is 2. The Hall–Kier alpha value is -3.68. The zero-order valence-electron chi connectivity index (χ0n) is 16.3. The summed E-state index contributed by atoms with van der Waals surface area (Å²) in [6.45, 7) is 5.18. The van der Waals surface area contributed by atoms with E-state index in [2.05, 4.69) is 0 Å². The molecular formula is C21H20N2O6. The number of aryl methyl sites for hydroxylation is 2. The summed E-state index contributed by atoms with van der Waals surface area (Å²) in [4.78, 5) is 35.6. The highest BCUT2D eigenvalue weighted by Gasteiger charge is 2.25. The topological polar surface area (TPSA) is 105 Å². The third kappa shape index (κ3) is 4.11. The summed E-state index contributed by atoms with van der Waals surface area (Å²) in [5.74, 6) is -0.533. The van der Waals surface area contributed by atoms with Crippen LogP contribution in [0, 0.1) is 30.9 Å². The van der Waals surface area contributed by atoms with Crippen LogP contribution in [0.25, 0.3) is 0 Å². The van der Waals surface area contributed by atoms with Gasteiger partial charge in [-0.1, -0.05) is 12.1 Å². The molecule has 150 valence electrons. The standard InChI is InChI=1S/C21H20N2O6/c1-13-6-4-8-17(20(13)23(26)27)21(25)29-12-19(24)18-10-14(2)22(15(18)3)11-16-7-5-9-28-16/h4-10H,11-12H2,1-3H3. The van der Waals surface area contributed by atoms with E-state index >= 15 is 0 Å². The number of Topliss-reactive ketones (excluding diaryl/α,β-unsaturated/α-hetero) is 1. The van der Waals surface area contributed by atoms with Crippen LogP contribution in [0.3, 0.4) is 0 Å².